The van der Waals surface area contributed by atoms with Gasteiger partial charge in [0.15, 0.2) is 0 Å². The topological polar surface area (TPSA) is 12.9 Å². The van der Waals surface area contributed by atoms with Crippen LogP contribution in [0, 0.1) is 28.6 Å². The maximum absolute atomic E-state index is 4.38. The van der Waals surface area contributed by atoms with Crippen molar-refractivity contribution in [1.29, 1.82) is 0 Å². The summed E-state index contributed by atoms with van der Waals surface area (Å²) in [5, 5.41) is 2.63. The lowest BCUT2D eigenvalue weighted by atomic mass is 9.50. The van der Waals surface area contributed by atoms with E-state index in [1.54, 1.807) is 5.56 Å². The Morgan fingerprint density at radius 2 is 1.77 bits per heavy atom. The normalized spacial score (nSPS) is 40.8. The van der Waals surface area contributed by atoms with Gasteiger partial charge in [-0.05, 0) is 115 Å². The fraction of sp³-hybridized carbons (Fsp3) is 0.621. The van der Waals surface area contributed by atoms with Gasteiger partial charge in [0.05, 0.1) is 0 Å². The number of allylic oxidation sites excluding steroid dienone is 2. The first-order valence-electron chi connectivity index (χ1n) is 12.6. The fourth-order valence-electron chi connectivity index (χ4n) is 8.62. The third kappa shape index (κ3) is 2.76. The molecule has 1 nitrogen and oxygen atoms in total. The highest BCUT2D eigenvalue weighted by atomic mass is 14.6. The van der Waals surface area contributed by atoms with Crippen LogP contribution in [0.5, 0.6) is 0 Å². The molecule has 1 aromatic carbocycles. The SMILES string of the molecule is CC12CCC3C=C4CCCCC4CC[C@]3(C)C1CCC2c1ccc2ccncc2c1. The van der Waals surface area contributed by atoms with E-state index in [1.807, 2.05) is 18.0 Å². The summed E-state index contributed by atoms with van der Waals surface area (Å²) in [5.41, 5.74) is 4.39. The minimum atomic E-state index is 0.454. The number of benzene rings is 1. The van der Waals surface area contributed by atoms with Crippen LogP contribution in [-0.4, -0.2) is 4.98 Å². The van der Waals surface area contributed by atoms with Crippen LogP contribution in [0.15, 0.2) is 48.3 Å². The predicted molar refractivity (Wildman–Crippen MR) is 125 cm³/mol. The summed E-state index contributed by atoms with van der Waals surface area (Å²) in [6, 6.07) is 9.36. The molecule has 0 saturated heterocycles. The number of aromatic nitrogens is 1. The van der Waals surface area contributed by atoms with Crippen molar-refractivity contribution in [3.63, 3.8) is 0 Å². The molecule has 1 heteroatoms. The van der Waals surface area contributed by atoms with Crippen molar-refractivity contribution >= 4 is 10.8 Å². The summed E-state index contributed by atoms with van der Waals surface area (Å²) in [6.45, 7) is 5.36. The van der Waals surface area contributed by atoms with E-state index in [-0.39, 0.29) is 0 Å². The lowest BCUT2D eigenvalue weighted by Gasteiger charge is -2.54. The molecule has 0 radical (unpaired) electrons. The van der Waals surface area contributed by atoms with E-state index < -0.39 is 0 Å². The molecule has 6 atom stereocenters. The Balaban J connectivity index is 1.35. The van der Waals surface area contributed by atoms with Gasteiger partial charge in [0.1, 0.15) is 0 Å². The molecule has 1 heterocycles. The zero-order chi connectivity index (χ0) is 20.3. The molecule has 0 amide bonds. The lowest BCUT2D eigenvalue weighted by Crippen LogP contribution is -2.47. The van der Waals surface area contributed by atoms with E-state index in [1.165, 1.54) is 75.0 Å². The first-order valence-corrected chi connectivity index (χ1v) is 12.6. The van der Waals surface area contributed by atoms with Crippen LogP contribution >= 0.6 is 0 Å². The molecule has 2 aromatic rings. The highest BCUT2D eigenvalue weighted by Gasteiger charge is 2.59. The van der Waals surface area contributed by atoms with Crippen molar-refractivity contribution in [1.82, 2.24) is 4.98 Å². The van der Waals surface area contributed by atoms with Crippen molar-refractivity contribution in [3.8, 4) is 0 Å². The van der Waals surface area contributed by atoms with E-state index in [9.17, 15) is 0 Å². The van der Waals surface area contributed by atoms with Gasteiger partial charge in [0, 0.05) is 17.8 Å². The highest BCUT2D eigenvalue weighted by molar-refractivity contribution is 5.82. The monoisotopic (exact) mass is 399 g/mol. The summed E-state index contributed by atoms with van der Waals surface area (Å²) in [4.78, 5) is 4.38. The minimum Gasteiger partial charge on any atom is -0.264 e. The first kappa shape index (κ1) is 19.1. The van der Waals surface area contributed by atoms with E-state index in [2.05, 4.69) is 49.2 Å². The van der Waals surface area contributed by atoms with Gasteiger partial charge in [0.25, 0.3) is 0 Å². The van der Waals surface area contributed by atoms with Crippen molar-refractivity contribution < 1.29 is 0 Å². The molecule has 0 N–H and O–H groups in total. The van der Waals surface area contributed by atoms with Gasteiger partial charge in [-0.3, -0.25) is 4.98 Å². The van der Waals surface area contributed by atoms with Crippen LogP contribution in [0.4, 0.5) is 0 Å². The highest BCUT2D eigenvalue weighted by Crippen LogP contribution is 2.68. The molecular formula is C29H37N. The lowest BCUT2D eigenvalue weighted by molar-refractivity contribution is -0.0326. The molecule has 4 aliphatic rings. The summed E-state index contributed by atoms with van der Waals surface area (Å²) >= 11 is 0. The Bertz CT molecular complexity index is 989. The number of pyridine rings is 1. The summed E-state index contributed by atoms with van der Waals surface area (Å²) in [5.74, 6) is 3.32. The van der Waals surface area contributed by atoms with Crippen LogP contribution in [0.1, 0.15) is 89.5 Å². The Labute approximate surface area is 182 Å². The molecule has 3 fully saturated rings. The second kappa shape index (κ2) is 6.94. The maximum atomic E-state index is 4.38. The molecular weight excluding hydrogens is 362 g/mol. The van der Waals surface area contributed by atoms with E-state index in [4.69, 9.17) is 0 Å². The maximum Gasteiger partial charge on any atom is 0.0346 e. The standard InChI is InChI=1S/C29H37N/c1-28-14-11-20-5-3-4-6-22(20)18-25(28)12-15-29(2)26(9-10-27(28)29)23-8-7-21-13-16-30-19-24(21)17-23/h7-8,13,16-20,25-27H,3-6,9-12,14-15H2,1-2H3/t20?,25?,26?,27?,28-,29?/m0/s1. The van der Waals surface area contributed by atoms with Crippen LogP contribution in [0.2, 0.25) is 0 Å². The third-order valence-electron chi connectivity index (χ3n) is 10.3. The van der Waals surface area contributed by atoms with Crippen molar-refractivity contribution in [2.45, 2.75) is 84.0 Å². The third-order valence-corrected chi connectivity index (χ3v) is 10.3. The average molecular weight is 400 g/mol. The van der Waals surface area contributed by atoms with Crippen molar-refractivity contribution in [2.24, 2.45) is 28.6 Å². The number of nitrogens with zero attached hydrogens (tertiary/aromatic N) is 1. The predicted octanol–water partition coefficient (Wildman–Crippen LogP) is 8.06. The molecule has 5 unspecified atom stereocenters. The van der Waals surface area contributed by atoms with E-state index in [0.29, 0.717) is 16.7 Å². The number of fused-ring (bicyclic) bond motifs is 5. The Morgan fingerprint density at radius 3 is 2.70 bits per heavy atom. The molecule has 6 rings (SSSR count). The molecule has 30 heavy (non-hydrogen) atoms. The minimum absolute atomic E-state index is 0.454. The van der Waals surface area contributed by atoms with Gasteiger partial charge in [-0.1, -0.05) is 44.1 Å². The van der Waals surface area contributed by atoms with Crippen LogP contribution < -0.4 is 0 Å². The summed E-state index contributed by atoms with van der Waals surface area (Å²) in [6.07, 6.45) is 21.1. The van der Waals surface area contributed by atoms with Gasteiger partial charge in [-0.15, -0.1) is 0 Å². The van der Waals surface area contributed by atoms with Crippen LogP contribution in [0.3, 0.4) is 0 Å². The molecule has 158 valence electrons. The van der Waals surface area contributed by atoms with E-state index in [0.717, 1.165) is 17.8 Å². The summed E-state index contributed by atoms with van der Waals surface area (Å²) < 4.78 is 0. The van der Waals surface area contributed by atoms with Crippen molar-refractivity contribution in [3.05, 3.63) is 53.9 Å². The Kier molecular flexibility index (Phi) is 4.41. The van der Waals surface area contributed by atoms with Gasteiger partial charge < -0.3 is 0 Å². The van der Waals surface area contributed by atoms with Gasteiger partial charge in [-0.25, -0.2) is 0 Å². The van der Waals surface area contributed by atoms with E-state index >= 15 is 0 Å². The molecule has 0 bridgehead atoms. The molecule has 1 aromatic heterocycles. The zero-order valence-corrected chi connectivity index (χ0v) is 18.9. The number of hydrogen-bond donors (Lipinski definition) is 0. The molecule has 3 saturated carbocycles. The fourth-order valence-corrected chi connectivity index (χ4v) is 8.62. The Morgan fingerprint density at radius 1 is 0.867 bits per heavy atom. The number of hydrogen-bond acceptors (Lipinski definition) is 1. The average Bonchev–Trinajstić information content (AvgIpc) is 3.05. The Hall–Kier alpha value is -1.63. The molecule has 4 aliphatic carbocycles. The summed E-state index contributed by atoms with van der Waals surface area (Å²) in [7, 11) is 0. The second-order valence-corrected chi connectivity index (χ2v) is 11.5. The molecule has 0 aliphatic heterocycles. The van der Waals surface area contributed by atoms with Gasteiger partial charge in [-0.2, -0.15) is 0 Å². The first-order chi connectivity index (χ1) is 14.6. The molecule has 0 spiro atoms. The second-order valence-electron chi connectivity index (χ2n) is 11.5. The smallest absolute Gasteiger partial charge is 0.0346 e. The quantitative estimate of drug-likeness (QED) is 0.442. The largest absolute Gasteiger partial charge is 0.264 e. The van der Waals surface area contributed by atoms with Crippen LogP contribution in [-0.2, 0) is 0 Å². The number of rotatable bonds is 1. The zero-order valence-electron chi connectivity index (χ0n) is 18.9. The van der Waals surface area contributed by atoms with Gasteiger partial charge in [0.2, 0.25) is 0 Å². The van der Waals surface area contributed by atoms with Crippen molar-refractivity contribution in [2.75, 3.05) is 0 Å². The van der Waals surface area contributed by atoms with Crippen LogP contribution in [0.25, 0.3) is 10.8 Å². The van der Waals surface area contributed by atoms with Gasteiger partial charge >= 0.3 is 0 Å².